The number of aromatic nitrogens is 1. The third-order valence-electron chi connectivity index (χ3n) is 5.00. The lowest BCUT2D eigenvalue weighted by Crippen LogP contribution is -2.38. The molecule has 1 aliphatic heterocycles. The average Bonchev–Trinajstić information content (AvgIpc) is 3.21. The van der Waals surface area contributed by atoms with Crippen molar-refractivity contribution in [3.63, 3.8) is 0 Å². The summed E-state index contributed by atoms with van der Waals surface area (Å²) in [5.41, 5.74) is 2.94. The van der Waals surface area contributed by atoms with Gasteiger partial charge in [0.1, 0.15) is 0 Å². The molecule has 0 spiro atoms. The highest BCUT2D eigenvalue weighted by Crippen LogP contribution is 2.36. The number of aryl methyl sites for hydroxylation is 1. The molecule has 32 heavy (non-hydrogen) atoms. The van der Waals surface area contributed by atoms with E-state index in [9.17, 15) is 19.7 Å². The molecule has 2 heterocycles. The average molecular weight is 470 g/mol. The van der Waals surface area contributed by atoms with Crippen molar-refractivity contribution in [1.82, 2.24) is 9.88 Å². The summed E-state index contributed by atoms with van der Waals surface area (Å²) < 4.78 is 5.83. The van der Waals surface area contributed by atoms with Gasteiger partial charge < -0.3 is 9.64 Å². The first-order valence-electron chi connectivity index (χ1n) is 9.81. The third-order valence-corrected chi connectivity index (χ3v) is 7.12. The van der Waals surface area contributed by atoms with Gasteiger partial charge in [-0.25, -0.2) is 9.78 Å². The standard InChI is InChI=1S/C22H19N3O5S2/c1-14-13-31-22(23-14)32-19-7-6-16(10-18(19)25(28)29)21(27)30-12-20(26)24-9-8-15-4-2-3-5-17(15)11-24/h2-7,10,13H,8-9,11-12H2,1H3. The van der Waals surface area contributed by atoms with Gasteiger partial charge in [-0.2, -0.15) is 0 Å². The molecule has 0 unspecified atom stereocenters. The van der Waals surface area contributed by atoms with E-state index in [0.717, 1.165) is 17.7 Å². The van der Waals surface area contributed by atoms with Crippen molar-refractivity contribution < 1.29 is 19.2 Å². The molecule has 0 N–H and O–H groups in total. The van der Waals surface area contributed by atoms with Crippen LogP contribution in [0.2, 0.25) is 0 Å². The number of thiazole rings is 1. The molecule has 0 radical (unpaired) electrons. The van der Waals surface area contributed by atoms with Gasteiger partial charge in [-0.05, 0) is 36.6 Å². The summed E-state index contributed by atoms with van der Waals surface area (Å²) in [6.45, 7) is 2.46. The van der Waals surface area contributed by atoms with Crippen LogP contribution in [0.4, 0.5) is 5.69 Å². The van der Waals surface area contributed by atoms with Crippen LogP contribution in [0.5, 0.6) is 0 Å². The van der Waals surface area contributed by atoms with E-state index in [0.29, 0.717) is 22.3 Å². The Morgan fingerprint density at radius 1 is 1.25 bits per heavy atom. The van der Waals surface area contributed by atoms with E-state index in [1.807, 2.05) is 36.6 Å². The second-order valence-corrected chi connectivity index (χ2v) is 9.35. The van der Waals surface area contributed by atoms with E-state index >= 15 is 0 Å². The van der Waals surface area contributed by atoms with Gasteiger partial charge in [0, 0.05) is 30.2 Å². The summed E-state index contributed by atoms with van der Waals surface area (Å²) in [6.07, 6.45) is 0.750. The minimum atomic E-state index is -0.777. The number of nitro groups is 1. The third kappa shape index (κ3) is 4.97. The second kappa shape index (κ2) is 9.49. The van der Waals surface area contributed by atoms with Crippen LogP contribution in [0.25, 0.3) is 0 Å². The first-order valence-corrected chi connectivity index (χ1v) is 11.5. The number of carbonyl (C=O) groups is 2. The summed E-state index contributed by atoms with van der Waals surface area (Å²) in [6, 6.07) is 12.1. The van der Waals surface area contributed by atoms with Crippen molar-refractivity contribution in [2.75, 3.05) is 13.2 Å². The fourth-order valence-electron chi connectivity index (χ4n) is 3.36. The highest BCUT2D eigenvalue weighted by Gasteiger charge is 2.23. The van der Waals surface area contributed by atoms with E-state index in [1.54, 1.807) is 4.90 Å². The molecule has 0 fully saturated rings. The molecule has 3 aromatic rings. The summed E-state index contributed by atoms with van der Waals surface area (Å²) in [5, 5.41) is 13.4. The largest absolute Gasteiger partial charge is 0.452 e. The van der Waals surface area contributed by atoms with Gasteiger partial charge in [0.2, 0.25) is 0 Å². The molecule has 1 aliphatic rings. The Morgan fingerprint density at radius 2 is 2.03 bits per heavy atom. The van der Waals surface area contributed by atoms with Gasteiger partial charge in [-0.1, -0.05) is 36.0 Å². The van der Waals surface area contributed by atoms with Gasteiger partial charge in [-0.15, -0.1) is 11.3 Å². The maximum atomic E-state index is 12.5. The topological polar surface area (TPSA) is 103 Å². The van der Waals surface area contributed by atoms with Gasteiger partial charge in [0.05, 0.1) is 15.4 Å². The summed E-state index contributed by atoms with van der Waals surface area (Å²) in [5.74, 6) is -1.07. The van der Waals surface area contributed by atoms with Crippen LogP contribution in [0.1, 0.15) is 27.2 Å². The molecule has 8 nitrogen and oxygen atoms in total. The van der Waals surface area contributed by atoms with Crippen molar-refractivity contribution in [2.24, 2.45) is 0 Å². The highest BCUT2D eigenvalue weighted by molar-refractivity contribution is 8.01. The van der Waals surface area contributed by atoms with E-state index in [2.05, 4.69) is 4.98 Å². The van der Waals surface area contributed by atoms with Gasteiger partial charge in [0.15, 0.2) is 10.9 Å². The number of esters is 1. The number of hydrogen-bond donors (Lipinski definition) is 0. The van der Waals surface area contributed by atoms with E-state index in [4.69, 9.17) is 4.74 Å². The highest BCUT2D eigenvalue weighted by atomic mass is 32.2. The van der Waals surface area contributed by atoms with Gasteiger partial charge in [-0.3, -0.25) is 14.9 Å². The van der Waals surface area contributed by atoms with Crippen LogP contribution < -0.4 is 0 Å². The molecule has 0 saturated heterocycles. The fourth-order valence-corrected chi connectivity index (χ4v) is 5.24. The number of amides is 1. The van der Waals surface area contributed by atoms with E-state index < -0.39 is 17.5 Å². The van der Waals surface area contributed by atoms with Crippen molar-refractivity contribution in [3.05, 3.63) is 80.3 Å². The maximum absolute atomic E-state index is 12.5. The van der Waals surface area contributed by atoms with Crippen molar-refractivity contribution in [1.29, 1.82) is 0 Å². The van der Waals surface area contributed by atoms with Crippen molar-refractivity contribution >= 4 is 40.7 Å². The molecule has 10 heteroatoms. The quantitative estimate of drug-likeness (QED) is 0.302. The number of carbonyl (C=O) groups excluding carboxylic acids is 2. The van der Waals surface area contributed by atoms with Crippen LogP contribution in [0.3, 0.4) is 0 Å². The molecule has 2 aromatic carbocycles. The zero-order valence-corrected chi connectivity index (χ0v) is 18.8. The molecule has 4 rings (SSSR count). The van der Waals surface area contributed by atoms with Crippen LogP contribution >= 0.6 is 23.1 Å². The first-order chi connectivity index (χ1) is 15.4. The Labute approximate surface area is 192 Å². The molecule has 0 saturated carbocycles. The monoisotopic (exact) mass is 469 g/mol. The lowest BCUT2D eigenvalue weighted by atomic mass is 10.00. The molecule has 1 amide bonds. The van der Waals surface area contributed by atoms with Crippen LogP contribution in [0.15, 0.2) is 57.1 Å². The number of fused-ring (bicyclic) bond motifs is 1. The minimum Gasteiger partial charge on any atom is -0.452 e. The van der Waals surface area contributed by atoms with E-state index in [-0.39, 0.29) is 17.2 Å². The summed E-state index contributed by atoms with van der Waals surface area (Å²) in [7, 11) is 0. The Kier molecular flexibility index (Phi) is 6.52. The lowest BCUT2D eigenvalue weighted by Gasteiger charge is -2.28. The molecular formula is C22H19N3O5S2. The molecule has 0 atom stereocenters. The Morgan fingerprint density at radius 3 is 2.75 bits per heavy atom. The number of nitro benzene ring substituents is 1. The van der Waals surface area contributed by atoms with Crippen LogP contribution in [-0.4, -0.2) is 39.8 Å². The first kappa shape index (κ1) is 22.0. The zero-order chi connectivity index (χ0) is 22.7. The SMILES string of the molecule is Cc1csc(Sc2ccc(C(=O)OCC(=O)N3CCc4ccccc4C3)cc2[N+](=O)[O-])n1. The smallest absolute Gasteiger partial charge is 0.338 e. The Bertz CT molecular complexity index is 1190. The minimum absolute atomic E-state index is 0.0214. The Balaban J connectivity index is 1.40. The Hall–Kier alpha value is -3.24. The number of nitrogens with zero attached hydrogens (tertiary/aromatic N) is 3. The molecule has 1 aromatic heterocycles. The normalized spacial score (nSPS) is 12.8. The van der Waals surface area contributed by atoms with Crippen molar-refractivity contribution in [3.8, 4) is 0 Å². The van der Waals surface area contributed by atoms with E-state index in [1.165, 1.54) is 46.9 Å². The van der Waals surface area contributed by atoms with Crippen LogP contribution in [0, 0.1) is 17.0 Å². The van der Waals surface area contributed by atoms with Gasteiger partial charge in [0.25, 0.3) is 11.6 Å². The fraction of sp³-hybridized carbons (Fsp3) is 0.227. The maximum Gasteiger partial charge on any atom is 0.338 e. The number of benzene rings is 2. The van der Waals surface area contributed by atoms with Crippen LogP contribution in [-0.2, 0) is 22.5 Å². The summed E-state index contributed by atoms with van der Waals surface area (Å²) >= 11 is 2.56. The predicted octanol–water partition coefficient (Wildman–Crippen LogP) is 4.25. The molecular weight excluding hydrogens is 450 g/mol. The second-order valence-electron chi connectivity index (χ2n) is 7.21. The molecule has 0 aliphatic carbocycles. The number of hydrogen-bond acceptors (Lipinski definition) is 8. The number of rotatable bonds is 6. The predicted molar refractivity (Wildman–Crippen MR) is 120 cm³/mol. The number of ether oxygens (including phenoxy) is 1. The lowest BCUT2D eigenvalue weighted by molar-refractivity contribution is -0.387. The van der Waals surface area contributed by atoms with Crippen molar-refractivity contribution in [2.45, 2.75) is 29.1 Å². The molecule has 0 bridgehead atoms. The zero-order valence-electron chi connectivity index (χ0n) is 17.1. The molecule has 164 valence electrons. The summed E-state index contributed by atoms with van der Waals surface area (Å²) in [4.78, 5) is 42.3. The van der Waals surface area contributed by atoms with Gasteiger partial charge >= 0.3 is 5.97 Å².